The molecule has 6 N–H and O–H groups in total. The average Bonchev–Trinajstić information content (AvgIpc) is 2.38. The normalized spacial score (nSPS) is 12.5. The number of thiol groups is 1. The molecule has 0 aliphatic carbocycles. The van der Waals surface area contributed by atoms with E-state index in [1.165, 1.54) is 0 Å². The van der Waals surface area contributed by atoms with E-state index in [1.807, 2.05) is 0 Å². The molecule has 0 spiro atoms. The molecule has 11 heteroatoms. The summed E-state index contributed by atoms with van der Waals surface area (Å²) in [6.45, 7) is -0.567. The number of carboxylic acid groups (broad SMARTS) is 2. The van der Waals surface area contributed by atoms with E-state index in [-0.39, 0.29) is 41.0 Å². The van der Waals surface area contributed by atoms with Crippen LogP contribution in [0.5, 0.6) is 0 Å². The Morgan fingerprint density at radius 2 is 1.76 bits per heavy atom. The summed E-state index contributed by atoms with van der Waals surface area (Å²) < 4.78 is 0. The summed E-state index contributed by atoms with van der Waals surface area (Å²) in [6.07, 6.45) is -0.235. The van der Waals surface area contributed by atoms with E-state index in [0.29, 0.717) is 0 Å². The number of hydrogen-bond donors (Lipinski definition) is 6. The Bertz CT molecular complexity index is 395. The van der Waals surface area contributed by atoms with Crippen LogP contribution in [0, 0.1) is 0 Å². The van der Waals surface area contributed by atoms with Crippen LogP contribution in [0.2, 0.25) is 0 Å². The zero-order valence-electron chi connectivity index (χ0n) is 10.8. The van der Waals surface area contributed by atoms with Crippen LogP contribution in [0.25, 0.3) is 0 Å². The molecule has 0 rings (SSSR count). The van der Waals surface area contributed by atoms with Crippen molar-refractivity contribution >= 4 is 36.4 Å². The van der Waals surface area contributed by atoms with E-state index in [1.54, 1.807) is 0 Å². The maximum atomic E-state index is 11.5. The minimum Gasteiger partial charge on any atom is -0.480 e. The molecular weight excluding hydrogens is 487 g/mol. The monoisotopic (exact) mass is 504 g/mol. The average molecular weight is 504 g/mol. The molecule has 0 fully saturated rings. The quantitative estimate of drug-likeness (QED) is 0.154. The molecule has 0 aliphatic rings. The fourth-order valence-electron chi connectivity index (χ4n) is 1.16. The summed E-state index contributed by atoms with van der Waals surface area (Å²) in [4.78, 5) is 43.7. The van der Waals surface area contributed by atoms with Gasteiger partial charge in [-0.1, -0.05) is 0 Å². The van der Waals surface area contributed by atoms with E-state index in [4.69, 9.17) is 15.9 Å². The molecule has 2 amide bonds. The van der Waals surface area contributed by atoms with Gasteiger partial charge in [-0.05, 0) is 6.42 Å². The number of carbonyl (C=O) groups is 4. The van der Waals surface area contributed by atoms with Crippen LogP contribution >= 0.6 is 12.6 Å². The molecule has 2 unspecified atom stereocenters. The minimum absolute atomic E-state index is 0. The Labute approximate surface area is 141 Å². The Hall–Kier alpha value is -1.07. The van der Waals surface area contributed by atoms with Crippen LogP contribution in [-0.4, -0.2) is 58.3 Å². The third-order valence-electron chi connectivity index (χ3n) is 2.25. The van der Waals surface area contributed by atoms with Gasteiger partial charge in [0.15, 0.2) is 0 Å². The molecule has 0 aromatic rings. The molecule has 0 bridgehead atoms. The number of nitrogens with one attached hydrogen (secondary N) is 2. The Morgan fingerprint density at radius 1 is 1.19 bits per heavy atom. The van der Waals surface area contributed by atoms with Gasteiger partial charge >= 0.3 is 11.9 Å². The third-order valence-corrected chi connectivity index (χ3v) is 2.61. The van der Waals surface area contributed by atoms with Gasteiger partial charge in [-0.2, -0.15) is 12.6 Å². The number of carboxylic acids is 2. The van der Waals surface area contributed by atoms with Gasteiger partial charge < -0.3 is 26.6 Å². The molecular formula is C10H17AuN3O6S. The van der Waals surface area contributed by atoms with Crippen LogP contribution in [0.3, 0.4) is 0 Å². The molecule has 21 heavy (non-hydrogen) atoms. The molecule has 2 atom stereocenters. The first-order chi connectivity index (χ1) is 9.27. The maximum Gasteiger partial charge on any atom is 0.322 e. The van der Waals surface area contributed by atoms with Crippen LogP contribution in [-0.2, 0) is 41.6 Å². The Morgan fingerprint density at radius 3 is 2.19 bits per heavy atom. The summed E-state index contributed by atoms with van der Waals surface area (Å²) in [6, 6.07) is -2.15. The summed E-state index contributed by atoms with van der Waals surface area (Å²) in [7, 11) is 0. The second-order valence-electron chi connectivity index (χ2n) is 3.90. The van der Waals surface area contributed by atoms with Crippen molar-refractivity contribution in [3.05, 3.63) is 0 Å². The topological polar surface area (TPSA) is 159 Å². The molecule has 9 nitrogen and oxygen atoms in total. The van der Waals surface area contributed by atoms with Gasteiger partial charge in [-0.15, -0.1) is 0 Å². The van der Waals surface area contributed by atoms with E-state index >= 15 is 0 Å². The first-order valence-electron chi connectivity index (χ1n) is 5.66. The van der Waals surface area contributed by atoms with E-state index < -0.39 is 42.4 Å². The Kier molecular flexibility index (Phi) is 12.2. The molecule has 0 saturated carbocycles. The number of carbonyl (C=O) groups excluding carboxylic acids is 2. The van der Waals surface area contributed by atoms with Gasteiger partial charge in [0.25, 0.3) is 0 Å². The second-order valence-corrected chi connectivity index (χ2v) is 4.26. The molecule has 125 valence electrons. The molecule has 0 aliphatic heterocycles. The van der Waals surface area contributed by atoms with E-state index in [0.717, 1.165) is 0 Å². The van der Waals surface area contributed by atoms with Gasteiger partial charge in [-0.25, -0.2) is 0 Å². The summed E-state index contributed by atoms with van der Waals surface area (Å²) in [5, 5.41) is 21.4. The number of amides is 2. The first-order valence-corrected chi connectivity index (χ1v) is 6.29. The largest absolute Gasteiger partial charge is 0.480 e. The van der Waals surface area contributed by atoms with Crippen LogP contribution in [0.15, 0.2) is 0 Å². The van der Waals surface area contributed by atoms with Crippen LogP contribution in [0.1, 0.15) is 12.8 Å². The van der Waals surface area contributed by atoms with Crippen molar-refractivity contribution in [3.8, 4) is 0 Å². The summed E-state index contributed by atoms with van der Waals surface area (Å²) in [5.41, 5.74) is 5.23. The van der Waals surface area contributed by atoms with Crippen LogP contribution in [0.4, 0.5) is 0 Å². The summed E-state index contributed by atoms with van der Waals surface area (Å²) >= 11 is 3.87. The van der Waals surface area contributed by atoms with Crippen molar-refractivity contribution in [2.75, 3.05) is 12.3 Å². The van der Waals surface area contributed by atoms with Crippen molar-refractivity contribution in [2.24, 2.45) is 5.73 Å². The van der Waals surface area contributed by atoms with Crippen molar-refractivity contribution in [1.29, 1.82) is 0 Å². The Balaban J connectivity index is 0. The molecule has 0 aromatic carbocycles. The molecule has 0 aromatic heterocycles. The van der Waals surface area contributed by atoms with Gasteiger partial charge in [0.05, 0.1) is 0 Å². The predicted molar refractivity (Wildman–Crippen MR) is 71.3 cm³/mol. The number of hydrogen-bond acceptors (Lipinski definition) is 6. The zero-order valence-corrected chi connectivity index (χ0v) is 13.9. The molecule has 0 saturated heterocycles. The van der Waals surface area contributed by atoms with Crippen molar-refractivity contribution in [2.45, 2.75) is 24.9 Å². The van der Waals surface area contributed by atoms with Crippen molar-refractivity contribution < 1.29 is 51.8 Å². The van der Waals surface area contributed by atoms with E-state index in [9.17, 15) is 19.2 Å². The fourth-order valence-corrected chi connectivity index (χ4v) is 1.41. The zero-order chi connectivity index (χ0) is 15.7. The van der Waals surface area contributed by atoms with Crippen LogP contribution < -0.4 is 16.4 Å². The fraction of sp³-hybridized carbons (Fsp3) is 0.600. The number of nitrogens with two attached hydrogens (primary N) is 1. The van der Waals surface area contributed by atoms with E-state index in [2.05, 4.69) is 23.3 Å². The second kappa shape index (κ2) is 11.6. The predicted octanol–water partition coefficient (Wildman–Crippen LogP) is -2.21. The van der Waals surface area contributed by atoms with Gasteiger partial charge in [0, 0.05) is 34.6 Å². The standard InChI is InChI=1S/C10H17N3O6S.Au/c11-5(10(18)19)1-2-7(14)13-6(4-20)9(17)12-3-8(15)16;/h5-6,20H,1-4,11H2,(H,12,17)(H,13,14)(H,15,16)(H,18,19);. The molecule has 1 radical (unpaired) electrons. The van der Waals surface area contributed by atoms with Gasteiger partial charge in [0.2, 0.25) is 11.8 Å². The minimum atomic E-state index is -1.22. The smallest absolute Gasteiger partial charge is 0.322 e. The maximum absolute atomic E-state index is 11.5. The summed E-state index contributed by atoms with van der Waals surface area (Å²) in [5.74, 6) is -3.70. The third kappa shape index (κ3) is 10.3. The number of aliphatic carboxylic acids is 2. The van der Waals surface area contributed by atoms with Gasteiger partial charge in [0.1, 0.15) is 18.6 Å². The number of rotatable bonds is 9. The molecule has 0 heterocycles. The first kappa shape index (κ1) is 22.2. The van der Waals surface area contributed by atoms with Gasteiger partial charge in [-0.3, -0.25) is 19.2 Å². The van der Waals surface area contributed by atoms with Crippen molar-refractivity contribution in [3.63, 3.8) is 0 Å². The SMILES string of the molecule is NC(CCC(=O)NC(CS)C(=O)NCC(=O)O)C(=O)O.[Au]. The van der Waals surface area contributed by atoms with Crippen molar-refractivity contribution in [1.82, 2.24) is 10.6 Å².